The summed E-state index contributed by atoms with van der Waals surface area (Å²) in [6.45, 7) is 0.900. The van der Waals surface area contributed by atoms with Crippen molar-refractivity contribution >= 4 is 17.7 Å². The summed E-state index contributed by atoms with van der Waals surface area (Å²) >= 11 is 0. The minimum atomic E-state index is -1.44. The molecule has 3 aliphatic heterocycles. The molecule has 0 aromatic heterocycles. The maximum Gasteiger partial charge on any atom is 0.511 e. The third kappa shape index (κ3) is 1.98. The summed E-state index contributed by atoms with van der Waals surface area (Å²) in [4.78, 5) is 26.0. The Labute approximate surface area is 153 Å². The Hall–Kier alpha value is -3.42. The van der Waals surface area contributed by atoms with Crippen LogP contribution in [0.25, 0.3) is 0 Å². The Balaban J connectivity index is 1.77. The van der Waals surface area contributed by atoms with E-state index in [0.29, 0.717) is 47.3 Å². The van der Waals surface area contributed by atoms with Gasteiger partial charge < -0.3 is 29.0 Å². The van der Waals surface area contributed by atoms with Gasteiger partial charge in [-0.1, -0.05) is 6.07 Å². The summed E-state index contributed by atoms with van der Waals surface area (Å²) < 4.78 is 22.1. The van der Waals surface area contributed by atoms with Gasteiger partial charge in [-0.2, -0.15) is 0 Å². The van der Waals surface area contributed by atoms with Crippen molar-refractivity contribution in [1.29, 1.82) is 0 Å². The zero-order valence-corrected chi connectivity index (χ0v) is 14.4. The number of rotatable bonds is 1. The number of amides is 1. The van der Waals surface area contributed by atoms with Gasteiger partial charge in [-0.15, -0.1) is 0 Å². The number of nitrogens with zero attached hydrogens (tertiary/aromatic N) is 1. The van der Waals surface area contributed by atoms with E-state index in [1.807, 2.05) is 0 Å². The Morgan fingerprint density at radius 3 is 2.63 bits per heavy atom. The van der Waals surface area contributed by atoms with Crippen LogP contribution >= 0.6 is 0 Å². The van der Waals surface area contributed by atoms with E-state index in [-0.39, 0.29) is 18.3 Å². The molecule has 0 bridgehead atoms. The largest absolute Gasteiger partial charge is 0.511 e. The Bertz CT molecular complexity index is 1000. The van der Waals surface area contributed by atoms with Crippen LogP contribution in [0, 0.1) is 0 Å². The Kier molecular flexibility index (Phi) is 3.10. The molecule has 2 aromatic rings. The van der Waals surface area contributed by atoms with Gasteiger partial charge in [0.1, 0.15) is 36.7 Å². The molecular formula is C19H15NO7. The van der Waals surface area contributed by atoms with E-state index in [9.17, 15) is 9.59 Å². The monoisotopic (exact) mass is 369 g/mol. The van der Waals surface area contributed by atoms with Gasteiger partial charge in [0.25, 0.3) is 0 Å². The second-order valence-corrected chi connectivity index (χ2v) is 6.57. The van der Waals surface area contributed by atoms with Gasteiger partial charge in [0, 0.05) is 24.2 Å². The van der Waals surface area contributed by atoms with Crippen molar-refractivity contribution in [2.24, 2.45) is 0 Å². The van der Waals surface area contributed by atoms with Gasteiger partial charge in [0.15, 0.2) is 11.5 Å². The quantitative estimate of drug-likeness (QED) is 0.608. The van der Waals surface area contributed by atoms with Crippen molar-refractivity contribution in [3.8, 4) is 23.0 Å². The highest BCUT2D eigenvalue weighted by molar-refractivity contribution is 6.12. The number of carbonyl (C=O) groups excluding carboxylic acids is 1. The smallest absolute Gasteiger partial charge is 0.491 e. The number of hydrogen-bond acceptors (Lipinski definition) is 6. The highest BCUT2D eigenvalue weighted by Gasteiger charge is 2.58. The van der Waals surface area contributed by atoms with Crippen molar-refractivity contribution in [2.75, 3.05) is 31.8 Å². The van der Waals surface area contributed by atoms with E-state index in [2.05, 4.69) is 0 Å². The molecule has 8 nitrogen and oxygen atoms in total. The number of benzene rings is 2. The summed E-state index contributed by atoms with van der Waals surface area (Å²) in [6, 6.07) is 8.41. The number of carbonyl (C=O) groups is 2. The normalized spacial score (nSPS) is 21.7. The number of hydrogen-bond donors (Lipinski definition) is 1. The van der Waals surface area contributed by atoms with E-state index in [4.69, 9.17) is 24.1 Å². The molecule has 0 saturated heterocycles. The molecule has 1 amide bonds. The topological polar surface area (TPSA) is 94.5 Å². The molecule has 1 atom stereocenters. The average Bonchev–Trinajstić information content (AvgIpc) is 3.13. The SMILES string of the molecule is CN1C(=O)C2(COc3cc4c(cc32)OCCO4)c2c(OC(=O)O)cccc21. The molecule has 1 spiro atoms. The molecule has 27 heavy (non-hydrogen) atoms. The molecular weight excluding hydrogens is 354 g/mol. The molecule has 0 fully saturated rings. The van der Waals surface area contributed by atoms with Crippen LogP contribution in [-0.2, 0) is 10.2 Å². The van der Waals surface area contributed by atoms with Gasteiger partial charge in [0.05, 0.1) is 5.69 Å². The maximum atomic E-state index is 13.3. The van der Waals surface area contributed by atoms with E-state index in [1.54, 1.807) is 31.3 Å². The third-order valence-electron chi connectivity index (χ3n) is 5.21. The summed E-state index contributed by atoms with van der Waals surface area (Å²) in [6.07, 6.45) is -1.44. The van der Waals surface area contributed by atoms with Crippen molar-refractivity contribution in [2.45, 2.75) is 5.41 Å². The predicted octanol–water partition coefficient (Wildman–Crippen LogP) is 2.17. The first-order valence-electron chi connectivity index (χ1n) is 8.42. The van der Waals surface area contributed by atoms with Crippen LogP contribution in [0.5, 0.6) is 23.0 Å². The Morgan fingerprint density at radius 1 is 1.15 bits per heavy atom. The first-order valence-corrected chi connectivity index (χ1v) is 8.42. The summed E-state index contributed by atoms with van der Waals surface area (Å²) in [5.74, 6) is 1.51. The van der Waals surface area contributed by atoms with E-state index >= 15 is 0 Å². The molecule has 1 unspecified atom stereocenters. The van der Waals surface area contributed by atoms with Crippen molar-refractivity contribution in [3.05, 3.63) is 41.5 Å². The van der Waals surface area contributed by atoms with Crippen molar-refractivity contribution < 1.29 is 33.6 Å². The minimum Gasteiger partial charge on any atom is -0.491 e. The van der Waals surface area contributed by atoms with Gasteiger partial charge in [-0.05, 0) is 18.2 Å². The van der Waals surface area contributed by atoms with Crippen LogP contribution in [0.4, 0.5) is 10.5 Å². The van der Waals surface area contributed by atoms with Gasteiger partial charge in [0.2, 0.25) is 5.91 Å². The van der Waals surface area contributed by atoms with Gasteiger partial charge >= 0.3 is 6.16 Å². The Morgan fingerprint density at radius 2 is 1.89 bits per heavy atom. The number of ether oxygens (including phenoxy) is 4. The summed E-state index contributed by atoms with van der Waals surface area (Å²) in [5.41, 5.74) is 0.491. The number of fused-ring (bicyclic) bond motifs is 5. The van der Waals surface area contributed by atoms with Crippen LogP contribution in [0.3, 0.4) is 0 Å². The second-order valence-electron chi connectivity index (χ2n) is 6.57. The van der Waals surface area contributed by atoms with Crippen LogP contribution in [0.15, 0.2) is 30.3 Å². The first kappa shape index (κ1) is 15.8. The standard InChI is InChI=1S/C19H15NO7/c1-20-11-3-2-4-12(27-18(22)23)16(11)19(17(20)21)9-26-13-8-15-14(7-10(13)19)24-5-6-25-15/h2-4,7-8H,5-6,9H2,1H3,(H,22,23). The second kappa shape index (κ2) is 5.29. The van der Waals surface area contributed by atoms with Gasteiger partial charge in [-0.25, -0.2) is 4.79 Å². The molecule has 2 aromatic carbocycles. The molecule has 5 rings (SSSR count). The van der Waals surface area contributed by atoms with Gasteiger partial charge in [-0.3, -0.25) is 4.79 Å². The van der Waals surface area contributed by atoms with Crippen LogP contribution in [-0.4, -0.2) is 44.0 Å². The third-order valence-corrected chi connectivity index (χ3v) is 5.21. The maximum absolute atomic E-state index is 13.3. The number of likely N-dealkylation sites (N-methyl/N-ethyl adjacent to an activating group) is 1. The number of carboxylic acid groups (broad SMARTS) is 1. The fraction of sp³-hybridized carbons (Fsp3) is 0.263. The van der Waals surface area contributed by atoms with E-state index in [0.717, 1.165) is 0 Å². The van der Waals surface area contributed by atoms with Crippen LogP contribution < -0.4 is 23.8 Å². The summed E-state index contributed by atoms with van der Waals surface area (Å²) in [7, 11) is 1.65. The van der Waals surface area contributed by atoms with Crippen LogP contribution in [0.1, 0.15) is 11.1 Å². The molecule has 0 saturated carbocycles. The highest BCUT2D eigenvalue weighted by atomic mass is 16.7. The van der Waals surface area contributed by atoms with Crippen LogP contribution in [0.2, 0.25) is 0 Å². The lowest BCUT2D eigenvalue weighted by Crippen LogP contribution is -2.41. The lowest BCUT2D eigenvalue weighted by molar-refractivity contribution is -0.121. The fourth-order valence-corrected chi connectivity index (χ4v) is 4.08. The predicted molar refractivity (Wildman–Crippen MR) is 92.2 cm³/mol. The van der Waals surface area contributed by atoms with E-state index < -0.39 is 11.6 Å². The average molecular weight is 369 g/mol. The fourth-order valence-electron chi connectivity index (χ4n) is 4.08. The van der Waals surface area contributed by atoms with Crippen molar-refractivity contribution in [1.82, 2.24) is 0 Å². The number of anilines is 1. The molecule has 1 N–H and O–H groups in total. The first-order chi connectivity index (χ1) is 13.0. The molecule has 138 valence electrons. The van der Waals surface area contributed by atoms with E-state index in [1.165, 1.54) is 11.0 Å². The minimum absolute atomic E-state index is 0.0430. The lowest BCUT2D eigenvalue weighted by Gasteiger charge is -2.24. The lowest BCUT2D eigenvalue weighted by atomic mass is 9.76. The summed E-state index contributed by atoms with van der Waals surface area (Å²) in [5, 5.41) is 9.13. The molecule has 3 aliphatic rings. The molecule has 8 heteroatoms. The highest BCUT2D eigenvalue weighted by Crippen LogP contribution is 2.56. The van der Waals surface area contributed by atoms with Crippen molar-refractivity contribution in [3.63, 3.8) is 0 Å². The molecule has 0 radical (unpaired) electrons. The molecule has 3 heterocycles. The molecule has 0 aliphatic carbocycles. The zero-order chi connectivity index (χ0) is 18.8. The zero-order valence-electron chi connectivity index (χ0n) is 14.4.